The Morgan fingerprint density at radius 2 is 1.00 bits per heavy atom. The maximum absolute atomic E-state index is 6.66. The van der Waals surface area contributed by atoms with Crippen LogP contribution in [0.15, 0.2) is 144 Å². The summed E-state index contributed by atoms with van der Waals surface area (Å²) in [5, 5.41) is 4.63. The lowest BCUT2D eigenvalue weighted by molar-refractivity contribution is 0.669. The summed E-state index contributed by atoms with van der Waals surface area (Å²) in [5.74, 6) is 0. The van der Waals surface area contributed by atoms with Gasteiger partial charge in [0, 0.05) is 22.1 Å². The number of fused-ring (bicyclic) bond motifs is 4. The normalized spacial score (nSPS) is 11.3. The molecular formula is C34H23NO. The Morgan fingerprint density at radius 3 is 1.64 bits per heavy atom. The van der Waals surface area contributed by atoms with Gasteiger partial charge < -0.3 is 9.32 Å². The van der Waals surface area contributed by atoms with E-state index in [1.165, 1.54) is 16.3 Å². The van der Waals surface area contributed by atoms with Gasteiger partial charge in [0.1, 0.15) is 5.58 Å². The molecule has 36 heavy (non-hydrogen) atoms. The average molecular weight is 462 g/mol. The van der Waals surface area contributed by atoms with Gasteiger partial charge in [-0.05, 0) is 70.4 Å². The van der Waals surface area contributed by atoms with E-state index in [2.05, 4.69) is 144 Å². The number of anilines is 3. The second kappa shape index (κ2) is 8.44. The lowest BCUT2D eigenvalue weighted by Crippen LogP contribution is -2.10. The van der Waals surface area contributed by atoms with Crippen LogP contribution in [0.4, 0.5) is 17.1 Å². The van der Waals surface area contributed by atoms with Gasteiger partial charge in [0.15, 0.2) is 5.58 Å². The second-order valence-electron chi connectivity index (χ2n) is 9.04. The maximum atomic E-state index is 6.66. The summed E-state index contributed by atoms with van der Waals surface area (Å²) in [5.41, 5.74) is 7.30. The minimum atomic E-state index is 0.882. The summed E-state index contributed by atoms with van der Waals surface area (Å²) >= 11 is 0. The Balaban J connectivity index is 1.60. The fourth-order valence-corrected chi connectivity index (χ4v) is 5.09. The number of nitrogens with zero attached hydrogens (tertiary/aromatic N) is 1. The number of hydrogen-bond acceptors (Lipinski definition) is 2. The molecule has 0 N–H and O–H groups in total. The summed E-state index contributed by atoms with van der Waals surface area (Å²) < 4.78 is 6.66. The highest BCUT2D eigenvalue weighted by Crippen LogP contribution is 2.45. The molecule has 0 unspecified atom stereocenters. The van der Waals surface area contributed by atoms with Crippen molar-refractivity contribution < 1.29 is 4.42 Å². The van der Waals surface area contributed by atoms with Crippen LogP contribution in [-0.2, 0) is 0 Å². The number of hydrogen-bond donors (Lipinski definition) is 0. The highest BCUT2D eigenvalue weighted by molar-refractivity contribution is 6.15. The molecular weight excluding hydrogens is 438 g/mol. The van der Waals surface area contributed by atoms with Crippen LogP contribution in [0.2, 0.25) is 0 Å². The monoisotopic (exact) mass is 461 g/mol. The van der Waals surface area contributed by atoms with Gasteiger partial charge in [0.25, 0.3) is 0 Å². The Bertz CT molecular complexity index is 1780. The molecule has 0 fully saturated rings. The zero-order valence-electron chi connectivity index (χ0n) is 19.6. The molecule has 0 aliphatic heterocycles. The summed E-state index contributed by atoms with van der Waals surface area (Å²) in [6.45, 7) is 0. The Labute approximate surface area is 209 Å². The first-order chi connectivity index (χ1) is 17.8. The summed E-state index contributed by atoms with van der Waals surface area (Å²) in [4.78, 5) is 2.29. The second-order valence-corrected chi connectivity index (χ2v) is 9.04. The number of benzene rings is 6. The molecule has 1 heterocycles. The van der Waals surface area contributed by atoms with Crippen molar-refractivity contribution in [1.29, 1.82) is 0 Å². The minimum absolute atomic E-state index is 0.882. The fraction of sp³-hybridized carbons (Fsp3) is 0. The molecule has 7 aromatic rings. The quantitative estimate of drug-likeness (QED) is 0.259. The van der Waals surface area contributed by atoms with Crippen LogP contribution in [0.25, 0.3) is 43.8 Å². The van der Waals surface area contributed by atoms with E-state index in [-0.39, 0.29) is 0 Å². The number of para-hydroxylation sites is 2. The van der Waals surface area contributed by atoms with Crippen molar-refractivity contribution in [2.75, 3.05) is 4.90 Å². The summed E-state index contributed by atoms with van der Waals surface area (Å²) in [6.07, 6.45) is 0. The van der Waals surface area contributed by atoms with Crippen LogP contribution in [0.1, 0.15) is 0 Å². The van der Waals surface area contributed by atoms with Crippen molar-refractivity contribution in [2.24, 2.45) is 0 Å². The van der Waals surface area contributed by atoms with E-state index >= 15 is 0 Å². The van der Waals surface area contributed by atoms with Gasteiger partial charge in [0.05, 0.1) is 5.69 Å². The first-order valence-corrected chi connectivity index (χ1v) is 12.2. The van der Waals surface area contributed by atoms with Crippen LogP contribution in [0, 0.1) is 0 Å². The number of rotatable bonds is 4. The predicted molar refractivity (Wildman–Crippen MR) is 151 cm³/mol. The highest BCUT2D eigenvalue weighted by atomic mass is 16.3. The molecule has 0 bridgehead atoms. The van der Waals surface area contributed by atoms with E-state index < -0.39 is 0 Å². The fourth-order valence-electron chi connectivity index (χ4n) is 5.09. The zero-order valence-corrected chi connectivity index (χ0v) is 19.6. The molecule has 0 atom stereocenters. The van der Waals surface area contributed by atoms with Crippen LogP contribution in [-0.4, -0.2) is 0 Å². The zero-order chi connectivity index (χ0) is 23.9. The van der Waals surface area contributed by atoms with E-state index in [0.29, 0.717) is 0 Å². The topological polar surface area (TPSA) is 16.4 Å². The third kappa shape index (κ3) is 3.43. The summed E-state index contributed by atoms with van der Waals surface area (Å²) in [7, 11) is 0. The molecule has 6 aromatic carbocycles. The molecule has 1 aromatic heterocycles. The molecule has 0 saturated carbocycles. The Morgan fingerprint density at radius 1 is 0.444 bits per heavy atom. The van der Waals surface area contributed by atoms with Gasteiger partial charge in [-0.15, -0.1) is 0 Å². The third-order valence-electron chi connectivity index (χ3n) is 6.80. The molecule has 0 spiro atoms. The van der Waals surface area contributed by atoms with Crippen molar-refractivity contribution in [3.8, 4) is 11.1 Å². The molecule has 2 nitrogen and oxygen atoms in total. The molecule has 0 amide bonds. The standard InChI is InChI=1S/C34H23NO/c1-4-12-24(13-5-1)27-21-31-30-20-25-14-10-11-15-26(25)23-33(30)36-34(31)32(22-27)35(28-16-6-2-7-17-28)29-18-8-3-9-19-29/h1-23H. The van der Waals surface area contributed by atoms with Crippen LogP contribution < -0.4 is 4.90 Å². The molecule has 2 heteroatoms. The molecule has 170 valence electrons. The molecule has 0 saturated heterocycles. The van der Waals surface area contributed by atoms with Gasteiger partial charge in [-0.25, -0.2) is 0 Å². The Hall–Kier alpha value is -4.82. The first kappa shape index (κ1) is 20.5. The van der Waals surface area contributed by atoms with Gasteiger partial charge in [-0.1, -0.05) is 91.0 Å². The number of furan rings is 1. The minimum Gasteiger partial charge on any atom is -0.454 e. The average Bonchev–Trinajstić information content (AvgIpc) is 3.31. The van der Waals surface area contributed by atoms with E-state index in [4.69, 9.17) is 4.42 Å². The predicted octanol–water partition coefficient (Wildman–Crippen LogP) is 9.88. The molecule has 0 radical (unpaired) electrons. The lowest BCUT2D eigenvalue weighted by atomic mass is 9.99. The summed E-state index contributed by atoms with van der Waals surface area (Å²) in [6, 6.07) is 48.9. The van der Waals surface area contributed by atoms with Crippen molar-refractivity contribution in [2.45, 2.75) is 0 Å². The van der Waals surface area contributed by atoms with Crippen molar-refractivity contribution in [3.05, 3.63) is 140 Å². The van der Waals surface area contributed by atoms with Gasteiger partial charge >= 0.3 is 0 Å². The lowest BCUT2D eigenvalue weighted by Gasteiger charge is -2.26. The highest BCUT2D eigenvalue weighted by Gasteiger charge is 2.21. The van der Waals surface area contributed by atoms with E-state index in [9.17, 15) is 0 Å². The van der Waals surface area contributed by atoms with Crippen molar-refractivity contribution in [3.63, 3.8) is 0 Å². The molecule has 0 aliphatic rings. The van der Waals surface area contributed by atoms with E-state index in [0.717, 1.165) is 44.6 Å². The van der Waals surface area contributed by atoms with Gasteiger partial charge in [-0.3, -0.25) is 0 Å². The molecule has 0 aliphatic carbocycles. The molecule has 7 rings (SSSR count). The van der Waals surface area contributed by atoms with E-state index in [1.54, 1.807) is 0 Å². The van der Waals surface area contributed by atoms with E-state index in [1.807, 2.05) is 0 Å². The van der Waals surface area contributed by atoms with Crippen LogP contribution in [0.5, 0.6) is 0 Å². The van der Waals surface area contributed by atoms with Gasteiger partial charge in [0.2, 0.25) is 0 Å². The van der Waals surface area contributed by atoms with Crippen LogP contribution >= 0.6 is 0 Å². The van der Waals surface area contributed by atoms with Gasteiger partial charge in [-0.2, -0.15) is 0 Å². The maximum Gasteiger partial charge on any atom is 0.159 e. The smallest absolute Gasteiger partial charge is 0.159 e. The Kier molecular flexibility index (Phi) is 4.82. The first-order valence-electron chi connectivity index (χ1n) is 12.2. The third-order valence-corrected chi connectivity index (χ3v) is 6.80. The van der Waals surface area contributed by atoms with Crippen LogP contribution in [0.3, 0.4) is 0 Å². The largest absolute Gasteiger partial charge is 0.454 e. The van der Waals surface area contributed by atoms with Crippen molar-refractivity contribution >= 4 is 49.8 Å². The SMILES string of the molecule is c1ccc(-c2cc(N(c3ccccc3)c3ccccc3)c3oc4cc5ccccc5cc4c3c2)cc1. The van der Waals surface area contributed by atoms with Crippen molar-refractivity contribution in [1.82, 2.24) is 0 Å².